The molecule has 4 unspecified atom stereocenters. The number of hydrogen-bond acceptors (Lipinski definition) is 6. The van der Waals surface area contributed by atoms with Crippen LogP contribution in [0, 0.1) is 11.8 Å². The highest BCUT2D eigenvalue weighted by atomic mass is 16.7. The highest BCUT2D eigenvalue weighted by molar-refractivity contribution is 4.89. The molecule has 1 aliphatic heterocycles. The molecule has 19 heavy (non-hydrogen) atoms. The smallest absolute Gasteiger partial charge is 0.186 e. The molecule has 3 N–H and O–H groups in total. The lowest BCUT2D eigenvalue weighted by atomic mass is 9.98. The summed E-state index contributed by atoms with van der Waals surface area (Å²) in [6.45, 7) is 7.02. The first kappa shape index (κ1) is 16.8. The van der Waals surface area contributed by atoms with E-state index < -0.39 is 30.7 Å². The van der Waals surface area contributed by atoms with Gasteiger partial charge in [-0.15, -0.1) is 0 Å². The third-order valence-electron chi connectivity index (χ3n) is 3.70. The second-order valence-electron chi connectivity index (χ2n) is 5.51. The molecule has 0 spiro atoms. The summed E-state index contributed by atoms with van der Waals surface area (Å²) in [6, 6.07) is 0. The molecule has 0 saturated carbocycles. The Morgan fingerprint density at radius 1 is 1.05 bits per heavy atom. The number of aliphatic hydroxyl groups excluding tert-OH is 3. The number of hydrogen-bond donors (Lipinski definition) is 3. The Morgan fingerprint density at radius 2 is 1.68 bits per heavy atom. The van der Waals surface area contributed by atoms with Gasteiger partial charge in [-0.25, -0.2) is 0 Å². The summed E-state index contributed by atoms with van der Waals surface area (Å²) < 4.78 is 15.8. The minimum absolute atomic E-state index is 0.155. The van der Waals surface area contributed by atoms with Crippen LogP contribution in [0.1, 0.15) is 20.8 Å². The quantitative estimate of drug-likeness (QED) is 0.621. The maximum Gasteiger partial charge on any atom is 0.186 e. The van der Waals surface area contributed by atoms with E-state index in [1.807, 2.05) is 0 Å². The molecule has 0 bridgehead atoms. The second kappa shape index (κ2) is 7.52. The predicted octanol–water partition coefficient (Wildman–Crippen LogP) is -0.251. The molecule has 0 aromatic rings. The molecule has 6 heteroatoms. The lowest BCUT2D eigenvalue weighted by Gasteiger charge is -2.39. The van der Waals surface area contributed by atoms with Crippen LogP contribution in [-0.4, -0.2) is 66.3 Å². The van der Waals surface area contributed by atoms with Crippen molar-refractivity contribution in [1.82, 2.24) is 0 Å². The first-order chi connectivity index (χ1) is 8.88. The molecule has 6 nitrogen and oxygen atoms in total. The molecular weight excluding hydrogens is 252 g/mol. The van der Waals surface area contributed by atoms with Crippen molar-refractivity contribution in [2.24, 2.45) is 11.8 Å². The highest BCUT2D eigenvalue weighted by Gasteiger charge is 2.43. The minimum atomic E-state index is -1.30. The van der Waals surface area contributed by atoms with Gasteiger partial charge in [0.15, 0.2) is 6.29 Å². The molecule has 1 rings (SSSR count). The van der Waals surface area contributed by atoms with Crippen LogP contribution in [0.15, 0.2) is 0 Å². The highest BCUT2D eigenvalue weighted by Crippen LogP contribution is 2.22. The molecule has 0 radical (unpaired) electrons. The number of rotatable bonds is 6. The molecule has 0 aromatic carbocycles. The molecule has 1 aliphatic rings. The topological polar surface area (TPSA) is 88.4 Å². The van der Waals surface area contributed by atoms with Crippen LogP contribution in [0.4, 0.5) is 0 Å². The SMILES string of the molecule is CO[C@H]1OC(COCC(C)C(C)C)[C@@H](O)C(O)C1O. The summed E-state index contributed by atoms with van der Waals surface area (Å²) in [7, 11) is 1.37. The number of aliphatic hydroxyl groups is 3. The third kappa shape index (κ3) is 4.37. The number of methoxy groups -OCH3 is 1. The fourth-order valence-electron chi connectivity index (χ4n) is 1.81. The van der Waals surface area contributed by atoms with E-state index in [0.717, 1.165) is 0 Å². The second-order valence-corrected chi connectivity index (χ2v) is 5.51. The molecule has 1 saturated heterocycles. The predicted molar refractivity (Wildman–Crippen MR) is 68.5 cm³/mol. The van der Waals surface area contributed by atoms with Crippen LogP contribution in [0.3, 0.4) is 0 Å². The van der Waals surface area contributed by atoms with Crippen molar-refractivity contribution in [3.05, 3.63) is 0 Å². The van der Waals surface area contributed by atoms with Gasteiger partial charge in [-0.2, -0.15) is 0 Å². The van der Waals surface area contributed by atoms with Gasteiger partial charge in [-0.3, -0.25) is 0 Å². The third-order valence-corrected chi connectivity index (χ3v) is 3.70. The van der Waals surface area contributed by atoms with Crippen molar-refractivity contribution in [3.8, 4) is 0 Å². The standard InChI is InChI=1S/C13H26O6/c1-7(2)8(3)5-18-6-9-10(14)11(15)12(16)13(17-4)19-9/h7-16H,5-6H2,1-4H3/t8?,9?,10-,11?,12?,13+/m1/s1. The molecule has 114 valence electrons. The molecular formula is C13H26O6. The van der Waals surface area contributed by atoms with Gasteiger partial charge in [0.2, 0.25) is 0 Å². The fraction of sp³-hybridized carbons (Fsp3) is 1.00. The first-order valence-electron chi connectivity index (χ1n) is 6.68. The molecule has 0 amide bonds. The van der Waals surface area contributed by atoms with E-state index in [1.165, 1.54) is 7.11 Å². The van der Waals surface area contributed by atoms with Gasteiger partial charge in [-0.05, 0) is 11.8 Å². The van der Waals surface area contributed by atoms with Crippen LogP contribution in [-0.2, 0) is 14.2 Å². The summed E-state index contributed by atoms with van der Waals surface area (Å²) in [5, 5.41) is 29.1. The van der Waals surface area contributed by atoms with E-state index >= 15 is 0 Å². The Balaban J connectivity index is 2.44. The summed E-state index contributed by atoms with van der Waals surface area (Å²) in [6.07, 6.45) is -5.39. The molecule has 1 heterocycles. The van der Waals surface area contributed by atoms with Crippen molar-refractivity contribution in [1.29, 1.82) is 0 Å². The van der Waals surface area contributed by atoms with Gasteiger partial charge in [0.05, 0.1) is 6.61 Å². The Kier molecular flexibility index (Phi) is 6.65. The van der Waals surface area contributed by atoms with Crippen molar-refractivity contribution in [2.75, 3.05) is 20.3 Å². The van der Waals surface area contributed by atoms with Crippen molar-refractivity contribution in [2.45, 2.75) is 51.5 Å². The monoisotopic (exact) mass is 278 g/mol. The summed E-state index contributed by atoms with van der Waals surface area (Å²) in [5.41, 5.74) is 0. The average molecular weight is 278 g/mol. The lowest BCUT2D eigenvalue weighted by molar-refractivity contribution is -0.296. The van der Waals surface area contributed by atoms with E-state index in [-0.39, 0.29) is 6.61 Å². The molecule has 0 aliphatic carbocycles. The van der Waals surface area contributed by atoms with E-state index in [4.69, 9.17) is 14.2 Å². The average Bonchev–Trinajstić information content (AvgIpc) is 2.38. The maximum absolute atomic E-state index is 9.83. The van der Waals surface area contributed by atoms with Gasteiger partial charge in [0, 0.05) is 13.7 Å². The van der Waals surface area contributed by atoms with E-state index in [2.05, 4.69) is 20.8 Å². The Labute approximate surface area is 114 Å². The summed E-state index contributed by atoms with van der Waals surface area (Å²) in [4.78, 5) is 0. The van der Waals surface area contributed by atoms with Gasteiger partial charge in [-0.1, -0.05) is 20.8 Å². The largest absolute Gasteiger partial charge is 0.387 e. The zero-order valence-electron chi connectivity index (χ0n) is 12.0. The van der Waals surface area contributed by atoms with Crippen LogP contribution in [0.25, 0.3) is 0 Å². The Morgan fingerprint density at radius 3 is 2.21 bits per heavy atom. The summed E-state index contributed by atoms with van der Waals surface area (Å²) in [5.74, 6) is 0.908. The maximum atomic E-state index is 9.83. The van der Waals surface area contributed by atoms with Crippen molar-refractivity contribution >= 4 is 0 Å². The van der Waals surface area contributed by atoms with Gasteiger partial charge >= 0.3 is 0 Å². The Bertz CT molecular complexity index is 258. The fourth-order valence-corrected chi connectivity index (χ4v) is 1.81. The molecule has 1 fully saturated rings. The Hall–Kier alpha value is -0.240. The van der Waals surface area contributed by atoms with Gasteiger partial charge < -0.3 is 29.5 Å². The first-order valence-corrected chi connectivity index (χ1v) is 6.68. The van der Waals surface area contributed by atoms with E-state index in [0.29, 0.717) is 18.4 Å². The van der Waals surface area contributed by atoms with Gasteiger partial charge in [0.1, 0.15) is 24.4 Å². The zero-order chi connectivity index (χ0) is 14.6. The van der Waals surface area contributed by atoms with Crippen LogP contribution >= 0.6 is 0 Å². The van der Waals surface area contributed by atoms with E-state index in [9.17, 15) is 15.3 Å². The van der Waals surface area contributed by atoms with Crippen LogP contribution < -0.4 is 0 Å². The molecule has 6 atom stereocenters. The molecule has 0 aromatic heterocycles. The van der Waals surface area contributed by atoms with E-state index in [1.54, 1.807) is 0 Å². The lowest BCUT2D eigenvalue weighted by Crippen LogP contribution is -2.59. The summed E-state index contributed by atoms with van der Waals surface area (Å²) >= 11 is 0. The van der Waals surface area contributed by atoms with Gasteiger partial charge in [0.25, 0.3) is 0 Å². The zero-order valence-corrected chi connectivity index (χ0v) is 12.0. The van der Waals surface area contributed by atoms with Crippen LogP contribution in [0.2, 0.25) is 0 Å². The normalized spacial score (nSPS) is 37.6. The minimum Gasteiger partial charge on any atom is -0.387 e. The van der Waals surface area contributed by atoms with Crippen molar-refractivity contribution in [3.63, 3.8) is 0 Å². The number of ether oxygens (including phenoxy) is 3. The van der Waals surface area contributed by atoms with Crippen LogP contribution in [0.5, 0.6) is 0 Å². The van der Waals surface area contributed by atoms with Crippen molar-refractivity contribution < 1.29 is 29.5 Å².